The third-order valence-corrected chi connectivity index (χ3v) is 6.12. The predicted octanol–water partition coefficient (Wildman–Crippen LogP) is 4.59. The lowest BCUT2D eigenvalue weighted by molar-refractivity contribution is -0.129. The van der Waals surface area contributed by atoms with E-state index in [2.05, 4.69) is 28.4 Å². The second-order valence-electron chi connectivity index (χ2n) is 7.47. The van der Waals surface area contributed by atoms with Crippen molar-refractivity contribution in [1.29, 1.82) is 0 Å². The number of carbonyl (C=O) groups is 1. The quantitative estimate of drug-likeness (QED) is 0.518. The number of thioether (sulfide) groups is 1. The Balaban J connectivity index is 1.30. The fourth-order valence-electron chi connectivity index (χ4n) is 3.73. The lowest BCUT2D eigenvalue weighted by Crippen LogP contribution is -2.34. The van der Waals surface area contributed by atoms with Crippen molar-refractivity contribution in [2.24, 2.45) is 0 Å². The van der Waals surface area contributed by atoms with Crippen LogP contribution in [0.1, 0.15) is 41.5 Å². The molecule has 3 aromatic rings. The van der Waals surface area contributed by atoms with Gasteiger partial charge in [0.15, 0.2) is 6.61 Å². The van der Waals surface area contributed by atoms with Gasteiger partial charge in [0.2, 0.25) is 5.91 Å². The Labute approximate surface area is 180 Å². The van der Waals surface area contributed by atoms with Crippen molar-refractivity contribution in [3.05, 3.63) is 71.1 Å². The fourth-order valence-corrected chi connectivity index (χ4v) is 4.44. The molecule has 0 N–H and O–H groups in total. The highest BCUT2D eigenvalue weighted by molar-refractivity contribution is 7.99. The molecule has 0 aliphatic heterocycles. The molecule has 0 saturated carbocycles. The molecule has 0 saturated heterocycles. The average Bonchev–Trinajstić information content (AvgIpc) is 3.23. The van der Waals surface area contributed by atoms with Crippen molar-refractivity contribution in [3.63, 3.8) is 0 Å². The Bertz CT molecular complexity index is 1020. The number of amides is 1. The van der Waals surface area contributed by atoms with E-state index in [-0.39, 0.29) is 24.3 Å². The molecule has 7 heteroatoms. The van der Waals surface area contributed by atoms with Crippen molar-refractivity contribution in [2.75, 3.05) is 12.8 Å². The first-order valence-corrected chi connectivity index (χ1v) is 11.1. The summed E-state index contributed by atoms with van der Waals surface area (Å²) in [6.45, 7) is 2.21. The number of fused-ring (bicyclic) bond motifs is 1. The molecule has 6 nitrogen and oxygen atoms in total. The SMILES string of the molecule is Cc1cccc(OCc2nnc(SCC(=O)N(C)C3CCCc4ccccc43)o2)c1. The second-order valence-corrected chi connectivity index (χ2v) is 8.39. The number of aromatic nitrogens is 2. The zero-order valence-corrected chi connectivity index (χ0v) is 18.0. The monoisotopic (exact) mass is 423 g/mol. The summed E-state index contributed by atoms with van der Waals surface area (Å²) in [5.74, 6) is 1.46. The van der Waals surface area contributed by atoms with Crippen LogP contribution in [0.5, 0.6) is 5.75 Å². The summed E-state index contributed by atoms with van der Waals surface area (Å²) in [6, 6.07) is 16.3. The minimum Gasteiger partial charge on any atom is -0.484 e. The van der Waals surface area contributed by atoms with Crippen LogP contribution in [0.4, 0.5) is 0 Å². The molecular formula is C23H25N3O3S. The van der Waals surface area contributed by atoms with E-state index in [1.54, 1.807) is 0 Å². The number of rotatable bonds is 7. The van der Waals surface area contributed by atoms with Gasteiger partial charge in [-0.25, -0.2) is 0 Å². The molecule has 0 bridgehead atoms. The van der Waals surface area contributed by atoms with Crippen molar-refractivity contribution in [3.8, 4) is 5.75 Å². The summed E-state index contributed by atoms with van der Waals surface area (Å²) in [5.41, 5.74) is 3.73. The Morgan fingerprint density at radius 2 is 2.10 bits per heavy atom. The number of hydrogen-bond donors (Lipinski definition) is 0. The number of carbonyl (C=O) groups excluding carboxylic acids is 1. The van der Waals surface area contributed by atoms with Gasteiger partial charge < -0.3 is 14.1 Å². The minimum atomic E-state index is 0.0532. The smallest absolute Gasteiger partial charge is 0.277 e. The van der Waals surface area contributed by atoms with Crippen molar-refractivity contribution < 1.29 is 13.9 Å². The van der Waals surface area contributed by atoms with Crippen molar-refractivity contribution >= 4 is 17.7 Å². The molecule has 30 heavy (non-hydrogen) atoms. The number of hydrogen-bond acceptors (Lipinski definition) is 6. The fraction of sp³-hybridized carbons (Fsp3) is 0.348. The summed E-state index contributed by atoms with van der Waals surface area (Å²) < 4.78 is 11.3. The molecular weight excluding hydrogens is 398 g/mol. The lowest BCUT2D eigenvalue weighted by Gasteiger charge is -2.33. The van der Waals surface area contributed by atoms with Crippen LogP contribution in [0, 0.1) is 6.92 Å². The molecule has 4 rings (SSSR count). The van der Waals surface area contributed by atoms with Crippen molar-refractivity contribution in [1.82, 2.24) is 15.1 Å². The molecule has 1 unspecified atom stereocenters. The predicted molar refractivity (Wildman–Crippen MR) is 115 cm³/mol. The Kier molecular flexibility index (Phi) is 6.38. The van der Waals surface area contributed by atoms with E-state index < -0.39 is 0 Å². The van der Waals surface area contributed by atoms with Gasteiger partial charge >= 0.3 is 0 Å². The van der Waals surface area contributed by atoms with Gasteiger partial charge in [-0.15, -0.1) is 10.2 Å². The standard InChI is InChI=1S/C23H25N3O3S/c1-16-7-5-10-18(13-16)28-14-21-24-25-23(29-21)30-15-22(27)26(2)20-12-6-9-17-8-3-4-11-19(17)20/h3-5,7-8,10-11,13,20H,6,9,12,14-15H2,1-2H3. The number of aryl methyl sites for hydroxylation is 2. The molecule has 1 aromatic heterocycles. The van der Waals surface area contributed by atoms with Crippen LogP contribution in [0.15, 0.2) is 58.2 Å². The normalized spacial score (nSPS) is 15.5. The van der Waals surface area contributed by atoms with Crippen LogP contribution in [0.2, 0.25) is 0 Å². The summed E-state index contributed by atoms with van der Waals surface area (Å²) in [4.78, 5) is 14.6. The van der Waals surface area contributed by atoms with Crippen LogP contribution < -0.4 is 4.74 Å². The van der Waals surface area contributed by atoms with Crippen LogP contribution in [0.3, 0.4) is 0 Å². The topological polar surface area (TPSA) is 68.5 Å². The molecule has 1 aliphatic carbocycles. The van der Waals surface area contributed by atoms with E-state index in [4.69, 9.17) is 9.15 Å². The second kappa shape index (κ2) is 9.34. The zero-order valence-electron chi connectivity index (χ0n) is 17.2. The highest BCUT2D eigenvalue weighted by Crippen LogP contribution is 2.34. The number of benzene rings is 2. The van der Waals surface area contributed by atoms with Gasteiger partial charge in [0.05, 0.1) is 11.8 Å². The van der Waals surface area contributed by atoms with Gasteiger partial charge in [-0.2, -0.15) is 0 Å². The van der Waals surface area contributed by atoms with Gasteiger partial charge in [0, 0.05) is 7.05 Å². The van der Waals surface area contributed by atoms with Crippen LogP contribution in [-0.2, 0) is 17.8 Å². The van der Waals surface area contributed by atoms with E-state index in [1.165, 1.54) is 22.9 Å². The van der Waals surface area contributed by atoms with Crippen LogP contribution in [-0.4, -0.2) is 33.8 Å². The molecule has 1 aliphatic rings. The summed E-state index contributed by atoms with van der Waals surface area (Å²) in [7, 11) is 1.88. The largest absolute Gasteiger partial charge is 0.484 e. The Hall–Kier alpha value is -2.80. The minimum absolute atomic E-state index is 0.0532. The van der Waals surface area contributed by atoms with Crippen LogP contribution in [0.25, 0.3) is 0 Å². The number of nitrogens with zero attached hydrogens (tertiary/aromatic N) is 3. The molecule has 0 radical (unpaired) electrons. The summed E-state index contributed by atoms with van der Waals surface area (Å²) in [6.07, 6.45) is 3.17. The molecule has 156 valence electrons. The Morgan fingerprint density at radius 3 is 2.97 bits per heavy atom. The molecule has 0 fully saturated rings. The van der Waals surface area contributed by atoms with Crippen molar-refractivity contribution in [2.45, 2.75) is 44.1 Å². The van der Waals surface area contributed by atoms with Gasteiger partial charge in [-0.05, 0) is 55.0 Å². The zero-order chi connectivity index (χ0) is 20.9. The first-order valence-electron chi connectivity index (χ1n) is 10.1. The average molecular weight is 424 g/mol. The first kappa shape index (κ1) is 20.5. The summed E-state index contributed by atoms with van der Waals surface area (Å²) >= 11 is 1.26. The molecule has 2 aromatic carbocycles. The van der Waals surface area contributed by atoms with Gasteiger partial charge in [-0.1, -0.05) is 48.2 Å². The van der Waals surface area contributed by atoms with Crippen LogP contribution >= 0.6 is 11.8 Å². The number of ether oxygens (including phenoxy) is 1. The highest BCUT2D eigenvalue weighted by atomic mass is 32.2. The first-order chi connectivity index (χ1) is 14.6. The van der Waals surface area contributed by atoms with E-state index in [0.717, 1.165) is 30.6 Å². The van der Waals surface area contributed by atoms with E-state index in [1.807, 2.05) is 49.2 Å². The summed E-state index contributed by atoms with van der Waals surface area (Å²) in [5, 5.41) is 8.41. The van der Waals surface area contributed by atoms with Gasteiger partial charge in [-0.3, -0.25) is 4.79 Å². The maximum atomic E-state index is 12.8. The third-order valence-electron chi connectivity index (χ3n) is 5.32. The van der Waals surface area contributed by atoms with Gasteiger partial charge in [0.1, 0.15) is 5.75 Å². The Morgan fingerprint density at radius 1 is 1.23 bits per heavy atom. The molecule has 0 spiro atoms. The molecule has 1 amide bonds. The maximum Gasteiger partial charge on any atom is 0.277 e. The lowest BCUT2D eigenvalue weighted by atomic mass is 9.87. The van der Waals surface area contributed by atoms with E-state index >= 15 is 0 Å². The third kappa shape index (κ3) is 4.84. The molecule has 1 heterocycles. The highest BCUT2D eigenvalue weighted by Gasteiger charge is 2.26. The molecule has 1 atom stereocenters. The van der Waals surface area contributed by atoms with E-state index in [0.29, 0.717) is 11.1 Å². The maximum absolute atomic E-state index is 12.8. The van der Waals surface area contributed by atoms with Gasteiger partial charge in [0.25, 0.3) is 11.1 Å². The van der Waals surface area contributed by atoms with E-state index in [9.17, 15) is 4.79 Å².